The first-order chi connectivity index (χ1) is 9.51. The number of hydrogen-bond donors (Lipinski definition) is 1. The van der Waals surface area contributed by atoms with Gasteiger partial charge < -0.3 is 10.1 Å². The Morgan fingerprint density at radius 3 is 2.65 bits per heavy atom. The Morgan fingerprint density at radius 2 is 1.95 bits per heavy atom. The zero-order valence-electron chi connectivity index (χ0n) is 11.7. The summed E-state index contributed by atoms with van der Waals surface area (Å²) in [5, 5.41) is 3.30. The van der Waals surface area contributed by atoms with Crippen LogP contribution in [0.15, 0.2) is 40.9 Å². The molecule has 2 nitrogen and oxygen atoms in total. The quantitative estimate of drug-likeness (QED) is 0.840. The molecule has 106 valence electrons. The summed E-state index contributed by atoms with van der Waals surface area (Å²) in [4.78, 5) is 0. The van der Waals surface area contributed by atoms with Crippen LogP contribution in [-0.4, -0.2) is 7.11 Å². The van der Waals surface area contributed by atoms with Gasteiger partial charge >= 0.3 is 0 Å². The molecule has 0 aliphatic rings. The van der Waals surface area contributed by atoms with Gasteiger partial charge in [0.05, 0.1) is 18.8 Å². The summed E-state index contributed by atoms with van der Waals surface area (Å²) in [6.07, 6.45) is 0. The number of aryl methyl sites for hydroxylation is 1. The summed E-state index contributed by atoms with van der Waals surface area (Å²) in [5.41, 5.74) is 2.59. The Kier molecular flexibility index (Phi) is 4.65. The highest BCUT2D eigenvalue weighted by molar-refractivity contribution is 9.10. The normalized spacial score (nSPS) is 12.1. The summed E-state index contributed by atoms with van der Waals surface area (Å²) in [5.74, 6) is 0.526. The minimum Gasteiger partial charge on any atom is -0.495 e. The average Bonchev–Trinajstić information content (AvgIpc) is 2.41. The number of rotatable bonds is 4. The molecule has 1 N–H and O–H groups in total. The van der Waals surface area contributed by atoms with E-state index in [0.717, 1.165) is 21.5 Å². The topological polar surface area (TPSA) is 21.3 Å². The maximum Gasteiger partial charge on any atom is 0.141 e. The van der Waals surface area contributed by atoms with E-state index in [4.69, 9.17) is 4.74 Å². The van der Waals surface area contributed by atoms with Crippen LogP contribution >= 0.6 is 15.9 Å². The largest absolute Gasteiger partial charge is 0.495 e. The Labute approximate surface area is 127 Å². The lowest BCUT2D eigenvalue weighted by Gasteiger charge is -2.19. The SMILES string of the molecule is COc1ccc(C)cc1NC(C)c1cc(Br)ccc1F. The molecule has 1 atom stereocenters. The van der Waals surface area contributed by atoms with Crippen molar-refractivity contribution in [1.82, 2.24) is 0 Å². The highest BCUT2D eigenvalue weighted by atomic mass is 79.9. The molecule has 1 unspecified atom stereocenters. The summed E-state index contributed by atoms with van der Waals surface area (Å²) in [7, 11) is 1.63. The van der Waals surface area contributed by atoms with Gasteiger partial charge in [-0.15, -0.1) is 0 Å². The van der Waals surface area contributed by atoms with Crippen LogP contribution in [0, 0.1) is 12.7 Å². The fourth-order valence-corrected chi connectivity index (χ4v) is 2.47. The smallest absolute Gasteiger partial charge is 0.141 e. The number of benzene rings is 2. The van der Waals surface area contributed by atoms with Gasteiger partial charge in [-0.1, -0.05) is 22.0 Å². The van der Waals surface area contributed by atoms with Crippen molar-refractivity contribution in [3.8, 4) is 5.75 Å². The molecular formula is C16H17BrFNO. The summed E-state index contributed by atoms with van der Waals surface area (Å²) in [6, 6.07) is 10.7. The summed E-state index contributed by atoms with van der Waals surface area (Å²) < 4.78 is 20.1. The van der Waals surface area contributed by atoms with Crippen molar-refractivity contribution in [2.45, 2.75) is 19.9 Å². The molecule has 0 saturated heterocycles. The first-order valence-electron chi connectivity index (χ1n) is 6.37. The number of hydrogen-bond acceptors (Lipinski definition) is 2. The zero-order valence-corrected chi connectivity index (χ0v) is 13.3. The van der Waals surface area contributed by atoms with Crippen molar-refractivity contribution in [1.29, 1.82) is 0 Å². The highest BCUT2D eigenvalue weighted by Gasteiger charge is 2.13. The molecule has 0 saturated carbocycles. The second kappa shape index (κ2) is 6.27. The molecule has 2 rings (SSSR count). The van der Waals surface area contributed by atoms with Crippen molar-refractivity contribution in [2.24, 2.45) is 0 Å². The Morgan fingerprint density at radius 1 is 1.20 bits per heavy atom. The van der Waals surface area contributed by atoms with Crippen LogP contribution < -0.4 is 10.1 Å². The van der Waals surface area contributed by atoms with E-state index in [-0.39, 0.29) is 11.9 Å². The second-order valence-electron chi connectivity index (χ2n) is 4.74. The molecule has 0 heterocycles. The Balaban J connectivity index is 2.29. The average molecular weight is 338 g/mol. The fraction of sp³-hybridized carbons (Fsp3) is 0.250. The zero-order chi connectivity index (χ0) is 14.7. The first-order valence-corrected chi connectivity index (χ1v) is 7.16. The number of ether oxygens (including phenoxy) is 1. The van der Waals surface area contributed by atoms with Crippen LogP contribution in [0.5, 0.6) is 5.75 Å². The van der Waals surface area contributed by atoms with Gasteiger partial charge in [0, 0.05) is 10.0 Å². The Bertz CT molecular complexity index is 615. The lowest BCUT2D eigenvalue weighted by molar-refractivity contribution is 0.416. The summed E-state index contributed by atoms with van der Waals surface area (Å²) in [6.45, 7) is 3.93. The van der Waals surface area contributed by atoms with E-state index in [1.165, 1.54) is 6.07 Å². The van der Waals surface area contributed by atoms with Gasteiger partial charge in [-0.25, -0.2) is 4.39 Å². The molecule has 20 heavy (non-hydrogen) atoms. The van der Waals surface area contributed by atoms with E-state index in [9.17, 15) is 4.39 Å². The molecule has 0 aromatic heterocycles. The van der Waals surface area contributed by atoms with Gasteiger partial charge in [0.25, 0.3) is 0 Å². The standard InChI is InChI=1S/C16H17BrFNO/c1-10-4-7-16(20-3)15(8-10)19-11(2)13-9-12(17)5-6-14(13)18/h4-9,11,19H,1-3H3. The van der Waals surface area contributed by atoms with Crippen LogP contribution in [0.25, 0.3) is 0 Å². The molecule has 2 aromatic carbocycles. The lowest BCUT2D eigenvalue weighted by Crippen LogP contribution is -2.09. The molecule has 2 aromatic rings. The molecule has 0 spiro atoms. The van der Waals surface area contributed by atoms with Crippen molar-refractivity contribution < 1.29 is 9.13 Å². The summed E-state index contributed by atoms with van der Waals surface area (Å²) >= 11 is 3.37. The molecular weight excluding hydrogens is 321 g/mol. The predicted molar refractivity (Wildman–Crippen MR) is 83.9 cm³/mol. The van der Waals surface area contributed by atoms with Crippen LogP contribution in [0.3, 0.4) is 0 Å². The maximum absolute atomic E-state index is 13.9. The predicted octanol–water partition coefficient (Wildman–Crippen LogP) is 5.08. The van der Waals surface area contributed by atoms with Crippen molar-refractivity contribution in [3.05, 3.63) is 57.8 Å². The molecule has 0 aliphatic heterocycles. The molecule has 0 amide bonds. The van der Waals surface area contributed by atoms with Gasteiger partial charge in [-0.05, 0) is 49.7 Å². The van der Waals surface area contributed by atoms with E-state index < -0.39 is 0 Å². The van der Waals surface area contributed by atoms with Crippen molar-refractivity contribution in [2.75, 3.05) is 12.4 Å². The minimum atomic E-state index is -0.222. The molecule has 4 heteroatoms. The van der Waals surface area contributed by atoms with Gasteiger partial charge in [-0.2, -0.15) is 0 Å². The first kappa shape index (κ1) is 14.9. The van der Waals surface area contributed by atoms with E-state index >= 15 is 0 Å². The third-order valence-electron chi connectivity index (χ3n) is 3.15. The Hall–Kier alpha value is -1.55. The lowest BCUT2D eigenvalue weighted by atomic mass is 10.1. The second-order valence-corrected chi connectivity index (χ2v) is 5.65. The van der Waals surface area contributed by atoms with Gasteiger partial charge in [-0.3, -0.25) is 0 Å². The van der Waals surface area contributed by atoms with Crippen molar-refractivity contribution >= 4 is 21.6 Å². The fourth-order valence-electron chi connectivity index (χ4n) is 2.09. The van der Waals surface area contributed by atoms with E-state index in [0.29, 0.717) is 5.56 Å². The maximum atomic E-state index is 13.9. The molecule has 0 bridgehead atoms. The minimum absolute atomic E-state index is 0.164. The van der Waals surface area contributed by atoms with E-state index in [1.807, 2.05) is 32.0 Å². The van der Waals surface area contributed by atoms with Crippen molar-refractivity contribution in [3.63, 3.8) is 0 Å². The monoisotopic (exact) mass is 337 g/mol. The molecule has 0 radical (unpaired) electrons. The van der Waals surface area contributed by atoms with Crippen LogP contribution in [-0.2, 0) is 0 Å². The van der Waals surface area contributed by atoms with Gasteiger partial charge in [0.2, 0.25) is 0 Å². The number of anilines is 1. The van der Waals surface area contributed by atoms with Crippen LogP contribution in [0.1, 0.15) is 24.1 Å². The van der Waals surface area contributed by atoms with E-state index in [2.05, 4.69) is 21.2 Å². The molecule has 0 fully saturated rings. The van der Waals surface area contributed by atoms with E-state index in [1.54, 1.807) is 19.2 Å². The highest BCUT2D eigenvalue weighted by Crippen LogP contribution is 2.30. The molecule has 0 aliphatic carbocycles. The van der Waals surface area contributed by atoms with Gasteiger partial charge in [0.15, 0.2) is 0 Å². The number of halogens is 2. The van der Waals surface area contributed by atoms with Gasteiger partial charge in [0.1, 0.15) is 11.6 Å². The number of nitrogens with one attached hydrogen (secondary N) is 1. The number of methoxy groups -OCH3 is 1. The van der Waals surface area contributed by atoms with Crippen LogP contribution in [0.4, 0.5) is 10.1 Å². The van der Waals surface area contributed by atoms with Crippen LogP contribution in [0.2, 0.25) is 0 Å². The third-order valence-corrected chi connectivity index (χ3v) is 3.64. The third kappa shape index (κ3) is 3.31.